The second kappa shape index (κ2) is 10.4. The molecule has 1 aliphatic heterocycles. The highest BCUT2D eigenvalue weighted by Crippen LogP contribution is 2.37. The Morgan fingerprint density at radius 2 is 1.37 bits per heavy atom. The first-order valence-electron chi connectivity index (χ1n) is 12.3. The van der Waals surface area contributed by atoms with Gasteiger partial charge in [-0.2, -0.15) is 0 Å². The summed E-state index contributed by atoms with van der Waals surface area (Å²) in [5.41, 5.74) is 2.80. The summed E-state index contributed by atoms with van der Waals surface area (Å²) < 4.78 is 13.2. The van der Waals surface area contributed by atoms with Crippen LogP contribution in [0.3, 0.4) is 0 Å². The molecule has 0 unspecified atom stereocenters. The van der Waals surface area contributed by atoms with Crippen LogP contribution in [0.2, 0.25) is 0 Å². The maximum absolute atomic E-state index is 13.5. The SMILES string of the molecule is CC(C)[C@H](C)NC(=O)C1(c2ccccc2)CCN(C(=O)c2ccc(-c3ccc(F)cc3)cc2)CC1. The molecule has 182 valence electrons. The number of carbonyl (C=O) groups is 2. The third-order valence-electron chi connectivity index (χ3n) is 7.33. The molecule has 1 atom stereocenters. The van der Waals surface area contributed by atoms with Crippen molar-refractivity contribution in [2.75, 3.05) is 13.1 Å². The predicted molar refractivity (Wildman–Crippen MR) is 138 cm³/mol. The van der Waals surface area contributed by atoms with Crippen LogP contribution in [0, 0.1) is 11.7 Å². The molecule has 0 bridgehead atoms. The quantitative estimate of drug-likeness (QED) is 0.491. The summed E-state index contributed by atoms with van der Waals surface area (Å²) in [6.45, 7) is 7.26. The third kappa shape index (κ3) is 5.29. The van der Waals surface area contributed by atoms with Crippen LogP contribution in [-0.4, -0.2) is 35.8 Å². The predicted octanol–water partition coefficient (Wildman–Crippen LogP) is 5.83. The lowest BCUT2D eigenvalue weighted by Gasteiger charge is -2.42. The molecule has 1 saturated heterocycles. The van der Waals surface area contributed by atoms with Gasteiger partial charge in [-0.25, -0.2) is 4.39 Å². The first kappa shape index (κ1) is 24.6. The van der Waals surface area contributed by atoms with E-state index >= 15 is 0 Å². The van der Waals surface area contributed by atoms with Gasteiger partial charge in [0.05, 0.1) is 5.41 Å². The number of benzene rings is 3. The summed E-state index contributed by atoms with van der Waals surface area (Å²) in [7, 11) is 0. The maximum atomic E-state index is 13.5. The zero-order valence-electron chi connectivity index (χ0n) is 20.6. The number of nitrogens with zero attached hydrogens (tertiary/aromatic N) is 1. The normalized spacial score (nSPS) is 16.1. The molecule has 0 saturated carbocycles. The number of nitrogens with one attached hydrogen (secondary N) is 1. The average Bonchev–Trinajstić information content (AvgIpc) is 2.89. The van der Waals surface area contributed by atoms with Gasteiger partial charge in [-0.15, -0.1) is 0 Å². The van der Waals surface area contributed by atoms with Gasteiger partial charge in [0.25, 0.3) is 5.91 Å². The first-order chi connectivity index (χ1) is 16.8. The Kier molecular flexibility index (Phi) is 7.34. The molecule has 1 heterocycles. The van der Waals surface area contributed by atoms with E-state index in [4.69, 9.17) is 0 Å². The van der Waals surface area contributed by atoms with E-state index in [1.807, 2.05) is 66.4 Å². The molecule has 3 aromatic carbocycles. The molecule has 0 aliphatic carbocycles. The van der Waals surface area contributed by atoms with Crippen molar-refractivity contribution in [3.8, 4) is 11.1 Å². The fourth-order valence-electron chi connectivity index (χ4n) is 4.64. The molecule has 3 aromatic rings. The fraction of sp³-hybridized carbons (Fsp3) is 0.333. The highest BCUT2D eigenvalue weighted by molar-refractivity contribution is 5.95. The Labute approximate surface area is 207 Å². The summed E-state index contributed by atoms with van der Waals surface area (Å²) >= 11 is 0. The van der Waals surface area contributed by atoms with Crippen molar-refractivity contribution in [3.63, 3.8) is 0 Å². The van der Waals surface area contributed by atoms with E-state index < -0.39 is 5.41 Å². The van der Waals surface area contributed by atoms with Crippen LogP contribution >= 0.6 is 0 Å². The van der Waals surface area contributed by atoms with Crippen LogP contribution in [0.4, 0.5) is 4.39 Å². The fourth-order valence-corrected chi connectivity index (χ4v) is 4.64. The largest absolute Gasteiger partial charge is 0.353 e. The van der Waals surface area contributed by atoms with Crippen LogP contribution in [0.1, 0.15) is 49.5 Å². The number of amides is 2. The molecule has 4 rings (SSSR count). The minimum atomic E-state index is -0.645. The smallest absolute Gasteiger partial charge is 0.253 e. The van der Waals surface area contributed by atoms with Crippen molar-refractivity contribution in [1.29, 1.82) is 0 Å². The lowest BCUT2D eigenvalue weighted by atomic mass is 9.71. The summed E-state index contributed by atoms with van der Waals surface area (Å²) in [6, 6.07) is 23.7. The summed E-state index contributed by atoms with van der Waals surface area (Å²) in [4.78, 5) is 28.6. The van der Waals surface area contributed by atoms with Gasteiger partial charge in [0.15, 0.2) is 0 Å². The highest BCUT2D eigenvalue weighted by atomic mass is 19.1. The monoisotopic (exact) mass is 472 g/mol. The average molecular weight is 473 g/mol. The number of carbonyl (C=O) groups excluding carboxylic acids is 2. The van der Waals surface area contributed by atoms with Crippen molar-refractivity contribution in [3.05, 3.63) is 95.8 Å². The van der Waals surface area contributed by atoms with E-state index in [1.54, 1.807) is 12.1 Å². The molecule has 4 nitrogen and oxygen atoms in total. The van der Waals surface area contributed by atoms with Gasteiger partial charge in [0, 0.05) is 24.7 Å². The van der Waals surface area contributed by atoms with Gasteiger partial charge in [0.1, 0.15) is 5.82 Å². The molecule has 5 heteroatoms. The number of hydrogen-bond acceptors (Lipinski definition) is 2. The van der Waals surface area contributed by atoms with Gasteiger partial charge in [-0.05, 0) is 66.6 Å². The van der Waals surface area contributed by atoms with E-state index in [0.717, 1.165) is 16.7 Å². The van der Waals surface area contributed by atoms with Crippen LogP contribution in [0.15, 0.2) is 78.9 Å². The molecule has 2 amide bonds. The summed E-state index contributed by atoms with van der Waals surface area (Å²) in [5.74, 6) is 0.0739. The zero-order valence-corrected chi connectivity index (χ0v) is 20.6. The Morgan fingerprint density at radius 1 is 0.829 bits per heavy atom. The molecule has 35 heavy (non-hydrogen) atoms. The van der Waals surface area contributed by atoms with Crippen LogP contribution in [0.5, 0.6) is 0 Å². The number of halogens is 1. The van der Waals surface area contributed by atoms with E-state index in [0.29, 0.717) is 37.4 Å². The van der Waals surface area contributed by atoms with Gasteiger partial charge < -0.3 is 10.2 Å². The Hall–Kier alpha value is -3.47. The highest BCUT2D eigenvalue weighted by Gasteiger charge is 2.44. The van der Waals surface area contributed by atoms with E-state index in [1.165, 1.54) is 12.1 Å². The summed E-state index contributed by atoms with van der Waals surface area (Å²) in [5, 5.41) is 3.22. The minimum Gasteiger partial charge on any atom is -0.353 e. The van der Waals surface area contributed by atoms with E-state index in [9.17, 15) is 14.0 Å². The Balaban J connectivity index is 1.49. The van der Waals surface area contributed by atoms with Gasteiger partial charge >= 0.3 is 0 Å². The molecular weight excluding hydrogens is 439 g/mol. The molecule has 0 aromatic heterocycles. The van der Waals surface area contributed by atoms with Crippen LogP contribution in [-0.2, 0) is 10.2 Å². The van der Waals surface area contributed by atoms with Gasteiger partial charge in [0.2, 0.25) is 5.91 Å². The van der Waals surface area contributed by atoms with E-state index in [-0.39, 0.29) is 23.7 Å². The lowest BCUT2D eigenvalue weighted by molar-refractivity contribution is -0.129. The first-order valence-corrected chi connectivity index (χ1v) is 12.3. The second-order valence-corrected chi connectivity index (χ2v) is 9.83. The standard InChI is InChI=1S/C30H33FN2O2/c1-21(2)22(3)32-29(35)30(26-7-5-4-6-8-26)17-19-33(20-18-30)28(34)25-11-9-23(10-12-25)24-13-15-27(31)16-14-24/h4-16,21-22H,17-20H2,1-3H3,(H,32,35)/t22-/m0/s1. The van der Waals surface area contributed by atoms with Crippen LogP contribution in [0.25, 0.3) is 11.1 Å². The minimum absolute atomic E-state index is 0.0340. The molecule has 1 N–H and O–H groups in total. The molecule has 0 radical (unpaired) electrons. The van der Waals surface area contributed by atoms with Gasteiger partial charge in [-0.3, -0.25) is 9.59 Å². The lowest BCUT2D eigenvalue weighted by Crippen LogP contribution is -2.54. The molecule has 1 fully saturated rings. The van der Waals surface area contributed by atoms with Crippen molar-refractivity contribution in [2.45, 2.75) is 45.1 Å². The van der Waals surface area contributed by atoms with Crippen molar-refractivity contribution in [2.24, 2.45) is 5.92 Å². The molecular formula is C30H33FN2O2. The Bertz CT molecular complexity index is 1150. The number of rotatable bonds is 6. The van der Waals surface area contributed by atoms with Gasteiger partial charge in [-0.1, -0.05) is 68.4 Å². The van der Waals surface area contributed by atoms with Crippen molar-refractivity contribution < 1.29 is 14.0 Å². The summed E-state index contributed by atoms with van der Waals surface area (Å²) in [6.07, 6.45) is 1.15. The zero-order chi connectivity index (χ0) is 25.0. The number of likely N-dealkylation sites (tertiary alicyclic amines) is 1. The van der Waals surface area contributed by atoms with Crippen LogP contribution < -0.4 is 5.32 Å². The molecule has 0 spiro atoms. The third-order valence-corrected chi connectivity index (χ3v) is 7.33. The van der Waals surface area contributed by atoms with E-state index in [2.05, 4.69) is 19.2 Å². The van der Waals surface area contributed by atoms with Crippen molar-refractivity contribution >= 4 is 11.8 Å². The number of hydrogen-bond donors (Lipinski definition) is 1. The maximum Gasteiger partial charge on any atom is 0.253 e. The Morgan fingerprint density at radius 3 is 1.91 bits per heavy atom. The number of piperidine rings is 1. The molecule has 1 aliphatic rings. The topological polar surface area (TPSA) is 49.4 Å². The van der Waals surface area contributed by atoms with Crippen molar-refractivity contribution in [1.82, 2.24) is 10.2 Å². The second-order valence-electron chi connectivity index (χ2n) is 9.83.